The number of aromatic carboxylic acids is 1. The molecule has 5 nitrogen and oxygen atoms in total. The van der Waals surface area contributed by atoms with E-state index in [4.69, 9.17) is 5.11 Å². The molecule has 0 saturated heterocycles. The van der Waals surface area contributed by atoms with E-state index < -0.39 is 11.8 Å². The molecule has 0 aliphatic rings. The standard InChI is InChI=1S/C16H11FN2O3/c17-13-6-5-9(7-12(13)16(21)22)8-14-10-3-1-2-4-11(10)15(20)19-18-14/h1-7H,8H2,(H,19,20)(H,21,22)/i17-1. The molecular weight excluding hydrogens is 286 g/mol. The number of nitrogens with one attached hydrogen (secondary N) is 1. The number of aromatic amines is 1. The van der Waals surface area contributed by atoms with Crippen LogP contribution in [0.5, 0.6) is 0 Å². The molecule has 2 aromatic carbocycles. The highest BCUT2D eigenvalue weighted by atomic mass is 18.2. The van der Waals surface area contributed by atoms with Gasteiger partial charge in [0.05, 0.1) is 16.6 Å². The van der Waals surface area contributed by atoms with Crippen molar-refractivity contribution < 1.29 is 14.3 Å². The highest BCUT2D eigenvalue weighted by Gasteiger charge is 2.12. The molecule has 0 saturated carbocycles. The van der Waals surface area contributed by atoms with Crippen molar-refractivity contribution >= 4 is 16.7 Å². The predicted molar refractivity (Wildman–Crippen MR) is 78.5 cm³/mol. The van der Waals surface area contributed by atoms with Crippen LogP contribution in [0.25, 0.3) is 10.8 Å². The molecule has 0 aliphatic heterocycles. The van der Waals surface area contributed by atoms with E-state index in [0.717, 1.165) is 6.07 Å². The summed E-state index contributed by atoms with van der Waals surface area (Å²) >= 11 is 0. The zero-order valence-electron chi connectivity index (χ0n) is 11.3. The van der Waals surface area contributed by atoms with Crippen LogP contribution >= 0.6 is 0 Å². The minimum atomic E-state index is -1.32. The van der Waals surface area contributed by atoms with Crippen LogP contribution in [0, 0.1) is 5.82 Å². The lowest BCUT2D eigenvalue weighted by Crippen LogP contribution is -2.11. The summed E-state index contributed by atoms with van der Waals surface area (Å²) in [7, 11) is 0. The van der Waals surface area contributed by atoms with Crippen molar-refractivity contribution in [3.05, 3.63) is 75.5 Å². The van der Waals surface area contributed by atoms with Crippen molar-refractivity contribution in [2.45, 2.75) is 6.42 Å². The second-order valence-electron chi connectivity index (χ2n) is 4.84. The molecule has 0 bridgehead atoms. The summed E-state index contributed by atoms with van der Waals surface area (Å²) in [5.41, 5.74) is 0.526. The molecule has 0 amide bonds. The molecule has 3 aromatic rings. The van der Waals surface area contributed by atoms with E-state index in [1.807, 2.05) is 0 Å². The number of hydrogen-bond acceptors (Lipinski definition) is 3. The Labute approximate surface area is 124 Å². The van der Waals surface area contributed by atoms with Crippen LogP contribution in [0.3, 0.4) is 0 Å². The van der Waals surface area contributed by atoms with E-state index in [1.165, 1.54) is 12.1 Å². The van der Waals surface area contributed by atoms with E-state index in [1.54, 1.807) is 24.3 Å². The fourth-order valence-corrected chi connectivity index (χ4v) is 2.35. The lowest BCUT2D eigenvalue weighted by Gasteiger charge is -2.06. The summed E-state index contributed by atoms with van der Waals surface area (Å²) in [4.78, 5) is 22.7. The molecule has 0 aliphatic carbocycles. The number of carboxylic acid groups (broad SMARTS) is 1. The van der Waals surface area contributed by atoms with Gasteiger partial charge in [-0.25, -0.2) is 14.3 Å². The fourth-order valence-electron chi connectivity index (χ4n) is 2.35. The molecule has 3 rings (SSSR count). The van der Waals surface area contributed by atoms with Crippen LogP contribution in [0.2, 0.25) is 0 Å². The zero-order valence-corrected chi connectivity index (χ0v) is 11.3. The maximum atomic E-state index is 13.4. The van der Waals surface area contributed by atoms with Crippen LogP contribution in [-0.2, 0) is 6.42 Å². The molecule has 0 fully saturated rings. The average Bonchev–Trinajstić information content (AvgIpc) is 2.52. The number of fused-ring (bicyclic) bond motifs is 1. The van der Waals surface area contributed by atoms with Crippen molar-refractivity contribution in [1.29, 1.82) is 0 Å². The van der Waals surface area contributed by atoms with Gasteiger partial charge < -0.3 is 5.11 Å². The minimum Gasteiger partial charge on any atom is -0.478 e. The summed E-state index contributed by atoms with van der Waals surface area (Å²) in [6.45, 7) is 0. The Morgan fingerprint density at radius 2 is 1.91 bits per heavy atom. The molecule has 22 heavy (non-hydrogen) atoms. The van der Waals surface area contributed by atoms with Gasteiger partial charge in [-0.1, -0.05) is 24.3 Å². The van der Waals surface area contributed by atoms with Crippen LogP contribution < -0.4 is 5.56 Å². The van der Waals surface area contributed by atoms with E-state index in [9.17, 15) is 14.0 Å². The second kappa shape index (κ2) is 5.40. The highest BCUT2D eigenvalue weighted by molar-refractivity contribution is 5.88. The Morgan fingerprint density at radius 3 is 2.64 bits per heavy atom. The van der Waals surface area contributed by atoms with Crippen molar-refractivity contribution in [1.82, 2.24) is 10.2 Å². The molecule has 0 unspecified atom stereocenters. The number of carboxylic acids is 1. The smallest absolute Gasteiger partial charge is 0.338 e. The Bertz CT molecular complexity index is 934. The Kier molecular flexibility index (Phi) is 3.42. The number of H-pyrrole nitrogens is 1. The first kappa shape index (κ1) is 13.9. The molecule has 0 radical (unpaired) electrons. The van der Waals surface area contributed by atoms with Gasteiger partial charge in [-0.05, 0) is 23.8 Å². The van der Waals surface area contributed by atoms with E-state index >= 15 is 0 Å². The van der Waals surface area contributed by atoms with Gasteiger partial charge in [-0.3, -0.25) is 4.79 Å². The van der Waals surface area contributed by atoms with Crippen LogP contribution in [-0.4, -0.2) is 21.3 Å². The Balaban J connectivity index is 2.08. The van der Waals surface area contributed by atoms with Gasteiger partial charge in [0.15, 0.2) is 0 Å². The SMILES string of the molecule is O=C(O)c1cc(Cc2n[nH]c(=O)c3ccccc23)ccc1[18F]. The molecule has 1 aromatic heterocycles. The summed E-state index contributed by atoms with van der Waals surface area (Å²) in [5, 5.41) is 16.6. The first-order chi connectivity index (χ1) is 10.6. The topological polar surface area (TPSA) is 83.0 Å². The van der Waals surface area contributed by atoms with Gasteiger partial charge in [0, 0.05) is 11.8 Å². The lowest BCUT2D eigenvalue weighted by molar-refractivity contribution is 0.0691. The number of benzene rings is 2. The first-order valence-electron chi connectivity index (χ1n) is 6.54. The normalized spacial score (nSPS) is 10.8. The highest BCUT2D eigenvalue weighted by Crippen LogP contribution is 2.18. The van der Waals surface area contributed by atoms with Crippen LogP contribution in [0.4, 0.5) is 4.39 Å². The van der Waals surface area contributed by atoms with Gasteiger partial charge in [0.25, 0.3) is 5.56 Å². The van der Waals surface area contributed by atoms with Gasteiger partial charge in [0.1, 0.15) is 5.82 Å². The number of carbonyl (C=O) groups is 1. The monoisotopic (exact) mass is 297 g/mol. The van der Waals surface area contributed by atoms with E-state index in [2.05, 4.69) is 10.2 Å². The summed E-state index contributed by atoms with van der Waals surface area (Å²) < 4.78 is 13.4. The quantitative estimate of drug-likeness (QED) is 0.777. The van der Waals surface area contributed by atoms with Crippen molar-refractivity contribution in [3.8, 4) is 0 Å². The summed E-state index contributed by atoms with van der Waals surface area (Å²) in [6, 6.07) is 10.9. The van der Waals surface area contributed by atoms with Crippen molar-refractivity contribution in [2.75, 3.05) is 0 Å². The van der Waals surface area contributed by atoms with Crippen molar-refractivity contribution in [3.63, 3.8) is 0 Å². The molecule has 6 heteroatoms. The average molecular weight is 297 g/mol. The van der Waals surface area contributed by atoms with Gasteiger partial charge in [-0.2, -0.15) is 5.10 Å². The Morgan fingerprint density at radius 1 is 1.18 bits per heavy atom. The van der Waals surface area contributed by atoms with E-state index in [0.29, 0.717) is 22.0 Å². The molecule has 0 spiro atoms. The molecule has 110 valence electrons. The van der Waals surface area contributed by atoms with Crippen LogP contribution in [0.1, 0.15) is 21.6 Å². The van der Waals surface area contributed by atoms with Crippen LogP contribution in [0.15, 0.2) is 47.3 Å². The number of rotatable bonds is 3. The van der Waals surface area contributed by atoms with Gasteiger partial charge >= 0.3 is 5.97 Å². The summed E-state index contributed by atoms with van der Waals surface area (Å²) in [5.74, 6) is -2.10. The Hall–Kier alpha value is -3.02. The fraction of sp³-hybridized carbons (Fsp3) is 0.0625. The maximum Gasteiger partial charge on any atom is 0.338 e. The molecular formula is C16H11FN2O3. The molecule has 2 N–H and O–H groups in total. The van der Waals surface area contributed by atoms with Gasteiger partial charge in [0.2, 0.25) is 0 Å². The number of aromatic nitrogens is 2. The van der Waals surface area contributed by atoms with Gasteiger partial charge in [-0.15, -0.1) is 0 Å². The second-order valence-corrected chi connectivity index (χ2v) is 4.84. The van der Waals surface area contributed by atoms with E-state index in [-0.39, 0.29) is 17.5 Å². The lowest BCUT2D eigenvalue weighted by atomic mass is 10.0. The molecule has 1 heterocycles. The maximum absolute atomic E-state index is 13.4. The third kappa shape index (κ3) is 2.46. The first-order valence-corrected chi connectivity index (χ1v) is 6.54. The largest absolute Gasteiger partial charge is 0.478 e. The predicted octanol–water partition coefficient (Wildman–Crippen LogP) is 2.35. The number of hydrogen-bond donors (Lipinski definition) is 2. The number of halogens is 1. The minimum absolute atomic E-state index is 0.287. The molecule has 0 atom stereocenters. The van der Waals surface area contributed by atoms with Crippen molar-refractivity contribution in [2.24, 2.45) is 0 Å². The zero-order chi connectivity index (χ0) is 15.7. The summed E-state index contributed by atoms with van der Waals surface area (Å²) in [6.07, 6.45) is 0.290. The third-order valence-corrected chi connectivity index (χ3v) is 3.41. The number of nitrogens with zero attached hydrogens (tertiary/aromatic N) is 1. The third-order valence-electron chi connectivity index (χ3n) is 3.41.